The summed E-state index contributed by atoms with van der Waals surface area (Å²) in [4.78, 5) is 4.05. The topological polar surface area (TPSA) is 12.9 Å². The van der Waals surface area contributed by atoms with E-state index in [2.05, 4.69) is 4.98 Å². The molecule has 0 aliphatic carbocycles. The van der Waals surface area contributed by atoms with Gasteiger partial charge in [-0.3, -0.25) is 4.98 Å². The Hall–Kier alpha value is -3.27. The number of pyridine rings is 1. The third-order valence-corrected chi connectivity index (χ3v) is 3.57. The standard InChI is InChI=1S/C20H9F6N/c21-16-11-13-9-12(4-5-14-3-1-2-8-27-14)10-17(22)18(13)19(23)15(16)6-7-20(24,25)26/h1-5,8-11H/b5-4+. The van der Waals surface area contributed by atoms with Gasteiger partial charge in [0.25, 0.3) is 0 Å². The predicted molar refractivity (Wildman–Crippen MR) is 89.9 cm³/mol. The van der Waals surface area contributed by atoms with Crippen LogP contribution in [0, 0.1) is 29.3 Å². The van der Waals surface area contributed by atoms with Crippen molar-refractivity contribution in [2.75, 3.05) is 0 Å². The van der Waals surface area contributed by atoms with Gasteiger partial charge in [-0.1, -0.05) is 18.1 Å². The molecule has 0 bridgehead atoms. The van der Waals surface area contributed by atoms with Crippen LogP contribution in [0.2, 0.25) is 0 Å². The second-order valence-electron chi connectivity index (χ2n) is 5.48. The van der Waals surface area contributed by atoms with Gasteiger partial charge in [-0.15, -0.1) is 0 Å². The summed E-state index contributed by atoms with van der Waals surface area (Å²) >= 11 is 0. The van der Waals surface area contributed by atoms with Gasteiger partial charge in [-0.2, -0.15) is 13.2 Å². The molecule has 0 N–H and O–H groups in total. The highest BCUT2D eigenvalue weighted by Gasteiger charge is 2.24. The molecule has 2 aromatic carbocycles. The van der Waals surface area contributed by atoms with Crippen molar-refractivity contribution in [2.45, 2.75) is 6.18 Å². The Balaban J connectivity index is 2.09. The number of alkyl halides is 3. The van der Waals surface area contributed by atoms with E-state index in [0.717, 1.165) is 18.1 Å². The maximum absolute atomic E-state index is 14.4. The minimum Gasteiger partial charge on any atom is -0.257 e. The van der Waals surface area contributed by atoms with Crippen LogP contribution in [-0.4, -0.2) is 11.2 Å². The Kier molecular flexibility index (Phi) is 4.91. The summed E-state index contributed by atoms with van der Waals surface area (Å²) in [5.41, 5.74) is -0.234. The van der Waals surface area contributed by atoms with E-state index in [9.17, 15) is 26.3 Å². The number of halogens is 6. The summed E-state index contributed by atoms with van der Waals surface area (Å²) in [6.07, 6.45) is -0.282. The Morgan fingerprint density at radius 1 is 0.926 bits per heavy atom. The van der Waals surface area contributed by atoms with Crippen LogP contribution in [0.15, 0.2) is 42.6 Å². The fraction of sp³-hybridized carbons (Fsp3) is 0.0500. The number of hydrogen-bond acceptors (Lipinski definition) is 1. The first-order chi connectivity index (χ1) is 12.7. The van der Waals surface area contributed by atoms with Crippen molar-refractivity contribution in [2.24, 2.45) is 0 Å². The number of aromatic nitrogens is 1. The van der Waals surface area contributed by atoms with E-state index in [1.54, 1.807) is 30.5 Å². The molecule has 0 saturated heterocycles. The van der Waals surface area contributed by atoms with Crippen molar-refractivity contribution in [3.8, 4) is 11.8 Å². The molecular formula is C20H9F6N. The average molecular weight is 377 g/mol. The van der Waals surface area contributed by atoms with Crippen LogP contribution in [0.3, 0.4) is 0 Å². The largest absolute Gasteiger partial charge is 0.458 e. The summed E-state index contributed by atoms with van der Waals surface area (Å²) in [6.45, 7) is 0. The van der Waals surface area contributed by atoms with Crippen molar-refractivity contribution in [1.82, 2.24) is 4.98 Å². The van der Waals surface area contributed by atoms with Gasteiger partial charge in [0.05, 0.1) is 16.6 Å². The van der Waals surface area contributed by atoms with Crippen LogP contribution in [-0.2, 0) is 0 Å². The molecule has 0 radical (unpaired) electrons. The van der Waals surface area contributed by atoms with Crippen molar-refractivity contribution >= 4 is 22.9 Å². The number of nitrogens with zero attached hydrogens (tertiary/aromatic N) is 1. The second-order valence-corrected chi connectivity index (χ2v) is 5.48. The zero-order chi connectivity index (χ0) is 19.6. The second kappa shape index (κ2) is 7.16. The maximum Gasteiger partial charge on any atom is 0.458 e. The molecule has 0 atom stereocenters. The lowest BCUT2D eigenvalue weighted by molar-refractivity contribution is -0.0696. The van der Waals surface area contributed by atoms with Crippen molar-refractivity contribution < 1.29 is 26.3 Å². The van der Waals surface area contributed by atoms with Crippen LogP contribution in [0.1, 0.15) is 16.8 Å². The number of benzene rings is 2. The SMILES string of the molecule is Fc1cc2cc(/C=C/c3ccccn3)cc(F)c2c(F)c1C#CC(F)(F)F. The smallest absolute Gasteiger partial charge is 0.257 e. The van der Waals surface area contributed by atoms with E-state index in [4.69, 9.17) is 0 Å². The first-order valence-corrected chi connectivity index (χ1v) is 7.55. The molecule has 1 aromatic heterocycles. The molecule has 0 unspecified atom stereocenters. The molecule has 0 fully saturated rings. The molecule has 3 aromatic rings. The summed E-state index contributed by atoms with van der Waals surface area (Å²) in [5, 5.41) is -0.763. The van der Waals surface area contributed by atoms with Gasteiger partial charge in [0, 0.05) is 12.1 Å². The van der Waals surface area contributed by atoms with Gasteiger partial charge in [-0.05, 0) is 47.4 Å². The lowest BCUT2D eigenvalue weighted by Crippen LogP contribution is -2.03. The van der Waals surface area contributed by atoms with E-state index in [-0.39, 0.29) is 5.39 Å². The van der Waals surface area contributed by atoms with Crippen LogP contribution < -0.4 is 0 Å². The lowest BCUT2D eigenvalue weighted by Gasteiger charge is -2.07. The normalized spacial score (nSPS) is 11.6. The molecule has 1 heterocycles. The fourth-order valence-electron chi connectivity index (χ4n) is 2.43. The first-order valence-electron chi connectivity index (χ1n) is 7.55. The van der Waals surface area contributed by atoms with E-state index < -0.39 is 34.6 Å². The predicted octanol–water partition coefficient (Wildman–Crippen LogP) is 5.74. The molecule has 0 saturated carbocycles. The number of hydrogen-bond donors (Lipinski definition) is 0. The first kappa shape index (κ1) is 18.5. The summed E-state index contributed by atoms with van der Waals surface area (Å²) < 4.78 is 79.2. The zero-order valence-corrected chi connectivity index (χ0v) is 13.4. The van der Waals surface area contributed by atoms with Gasteiger partial charge in [0.1, 0.15) is 11.6 Å². The van der Waals surface area contributed by atoms with Gasteiger partial charge in [0.15, 0.2) is 5.82 Å². The quantitative estimate of drug-likeness (QED) is 0.410. The molecule has 3 rings (SSSR count). The molecule has 7 heteroatoms. The third-order valence-electron chi connectivity index (χ3n) is 3.57. The highest BCUT2D eigenvalue weighted by molar-refractivity contribution is 5.88. The summed E-state index contributed by atoms with van der Waals surface area (Å²) in [5.74, 6) is -1.65. The highest BCUT2D eigenvalue weighted by atomic mass is 19.4. The van der Waals surface area contributed by atoms with E-state index in [0.29, 0.717) is 11.3 Å². The Morgan fingerprint density at radius 2 is 1.70 bits per heavy atom. The summed E-state index contributed by atoms with van der Waals surface area (Å²) in [7, 11) is 0. The molecule has 0 amide bonds. The van der Waals surface area contributed by atoms with Crippen molar-refractivity contribution in [3.63, 3.8) is 0 Å². The molecule has 0 aliphatic heterocycles. The Labute approximate surface area is 150 Å². The van der Waals surface area contributed by atoms with Crippen molar-refractivity contribution in [3.05, 3.63) is 76.9 Å². The minimum atomic E-state index is -4.92. The highest BCUT2D eigenvalue weighted by Crippen LogP contribution is 2.28. The molecular weight excluding hydrogens is 368 g/mol. The van der Waals surface area contributed by atoms with Crippen LogP contribution in [0.5, 0.6) is 0 Å². The number of rotatable bonds is 2. The van der Waals surface area contributed by atoms with E-state index >= 15 is 0 Å². The van der Waals surface area contributed by atoms with Gasteiger partial charge in [-0.25, -0.2) is 13.2 Å². The monoisotopic (exact) mass is 377 g/mol. The van der Waals surface area contributed by atoms with Crippen molar-refractivity contribution in [1.29, 1.82) is 0 Å². The van der Waals surface area contributed by atoms with Gasteiger partial charge >= 0.3 is 6.18 Å². The van der Waals surface area contributed by atoms with Crippen LogP contribution in [0.25, 0.3) is 22.9 Å². The molecule has 1 nitrogen and oxygen atoms in total. The van der Waals surface area contributed by atoms with Crippen LogP contribution in [0.4, 0.5) is 26.3 Å². The number of fused-ring (bicyclic) bond motifs is 1. The van der Waals surface area contributed by atoms with Gasteiger partial charge < -0.3 is 0 Å². The third kappa shape index (κ3) is 4.29. The molecule has 0 aliphatic rings. The van der Waals surface area contributed by atoms with E-state index in [1.807, 2.05) is 0 Å². The summed E-state index contributed by atoms with van der Waals surface area (Å²) in [6, 6.07) is 8.23. The minimum absolute atomic E-state index is 0.136. The maximum atomic E-state index is 14.4. The Morgan fingerprint density at radius 3 is 2.37 bits per heavy atom. The van der Waals surface area contributed by atoms with Gasteiger partial charge in [0.2, 0.25) is 0 Å². The zero-order valence-electron chi connectivity index (χ0n) is 13.4. The van der Waals surface area contributed by atoms with Crippen LogP contribution >= 0.6 is 0 Å². The Bertz CT molecular complexity index is 1090. The average Bonchev–Trinajstić information content (AvgIpc) is 2.59. The molecule has 0 spiro atoms. The molecule has 27 heavy (non-hydrogen) atoms. The fourth-order valence-corrected chi connectivity index (χ4v) is 2.43. The molecule has 136 valence electrons. The lowest BCUT2D eigenvalue weighted by atomic mass is 10.0. The van der Waals surface area contributed by atoms with E-state index in [1.165, 1.54) is 18.1 Å².